The topological polar surface area (TPSA) is 96.0 Å². The average Bonchev–Trinajstić information content (AvgIpc) is 3.15. The van der Waals surface area contributed by atoms with Crippen molar-refractivity contribution in [3.8, 4) is 5.75 Å². The summed E-state index contributed by atoms with van der Waals surface area (Å²) in [6, 6.07) is 16.3. The number of carbonyl (C=O) groups excluding carboxylic acids is 2. The van der Waals surface area contributed by atoms with Crippen LogP contribution >= 0.6 is 20.2 Å². The number of rotatable bonds is 9. The molecule has 2 unspecified atom stereocenters. The quantitative estimate of drug-likeness (QED) is 0.259. The molecule has 2 aliphatic carbocycles. The van der Waals surface area contributed by atoms with Crippen LogP contribution in [0.25, 0.3) is 0 Å². The summed E-state index contributed by atoms with van der Waals surface area (Å²) in [6.07, 6.45) is 1.90. The fourth-order valence-electron chi connectivity index (χ4n) is 5.43. The number of hydrogen-bond donors (Lipinski definition) is 0. The van der Waals surface area contributed by atoms with Crippen molar-refractivity contribution in [3.63, 3.8) is 0 Å². The predicted octanol–water partition coefficient (Wildman–Crippen LogP) is 5.61. The van der Waals surface area contributed by atoms with Crippen LogP contribution in [-0.4, -0.2) is 38.1 Å². The number of halogens is 1. The molecule has 0 N–H and O–H groups in total. The molecule has 202 valence electrons. The molecule has 2 fully saturated rings. The van der Waals surface area contributed by atoms with Gasteiger partial charge in [-0.15, -0.1) is 0 Å². The molecule has 7 nitrogen and oxygen atoms in total. The second-order valence-corrected chi connectivity index (χ2v) is 17.8. The number of esters is 1. The number of fused-ring (bicyclic) bond motifs is 2. The van der Waals surface area contributed by atoms with E-state index in [0.717, 1.165) is 9.99 Å². The second kappa shape index (κ2) is 10.3. The molecule has 2 aromatic carbocycles. The van der Waals surface area contributed by atoms with Crippen LogP contribution in [0.1, 0.15) is 53.9 Å². The van der Waals surface area contributed by atoms with Crippen molar-refractivity contribution in [1.82, 2.24) is 0 Å². The molecule has 0 spiro atoms. The second-order valence-electron chi connectivity index (χ2n) is 11.3. The summed E-state index contributed by atoms with van der Waals surface area (Å²) in [5.74, 6) is -0.103. The summed E-state index contributed by atoms with van der Waals surface area (Å²) in [5.41, 5.74) is -1.89. The van der Waals surface area contributed by atoms with Gasteiger partial charge in [-0.2, -0.15) is 0 Å². The maximum absolute atomic E-state index is 13.6. The van der Waals surface area contributed by atoms with E-state index in [1.54, 1.807) is 39.0 Å². The first-order valence-electron chi connectivity index (χ1n) is 12.4. The van der Waals surface area contributed by atoms with E-state index in [9.17, 15) is 18.0 Å². The van der Waals surface area contributed by atoms with Gasteiger partial charge in [-0.1, -0.05) is 0 Å². The Morgan fingerprint density at radius 1 is 1.05 bits per heavy atom. The summed E-state index contributed by atoms with van der Waals surface area (Å²) in [6.45, 7) is 9.12. The Morgan fingerprint density at radius 2 is 1.73 bits per heavy atom. The molecule has 2 aromatic rings. The molecule has 0 saturated heterocycles. The molecule has 0 aliphatic heterocycles. The molecular weight excluding hydrogens is 607 g/mol. The van der Waals surface area contributed by atoms with E-state index in [1.165, 1.54) is 0 Å². The molecule has 0 radical (unpaired) electrons. The minimum atomic E-state index is -4.03. The number of carbonyl (C=O) groups is 2. The van der Waals surface area contributed by atoms with Crippen LogP contribution in [0.2, 0.25) is 0 Å². The first-order valence-corrected chi connectivity index (χ1v) is 17.0. The molecule has 2 saturated carbocycles. The Bertz CT molecular complexity index is 1270. The number of hydrogen-bond acceptors (Lipinski definition) is 7. The monoisotopic (exact) mass is 642 g/mol. The van der Waals surface area contributed by atoms with Crippen LogP contribution in [0.5, 0.6) is 5.75 Å². The zero-order valence-corrected chi connectivity index (χ0v) is 24.9. The Hall–Kier alpha value is -1.98. The Labute approximate surface area is 227 Å². The van der Waals surface area contributed by atoms with Gasteiger partial charge in [0.25, 0.3) is 0 Å². The minimum absolute atomic E-state index is 0.0403. The van der Waals surface area contributed by atoms with Crippen molar-refractivity contribution < 1.29 is 30.0 Å². The Morgan fingerprint density at radius 3 is 2.32 bits per heavy atom. The maximum atomic E-state index is 13.6. The molecule has 0 heterocycles. The number of ketones is 1. The van der Waals surface area contributed by atoms with Gasteiger partial charge in [0.15, 0.2) is 0 Å². The average molecular weight is 643 g/mol. The van der Waals surface area contributed by atoms with Gasteiger partial charge >= 0.3 is 228 Å². The molecule has 0 amide bonds. The standard InChI is InChI=1S/C28H35IO7S/c1-26(2,3)35-25(31)18-34-23-13-9-12-22(17-23)29(21-10-7-6-8-11-21)36-37(32,33)19-28-15-14-20(16-24(28)30)27(28,4)5/h6-13,17,20H,14-16,18-19H2,1-5H3. The molecule has 2 aliphatic rings. The Balaban J connectivity index is 1.58. The predicted molar refractivity (Wildman–Crippen MR) is 149 cm³/mol. The molecule has 0 aromatic heterocycles. The Kier molecular flexibility index (Phi) is 7.80. The fourth-order valence-corrected chi connectivity index (χ4v) is 13.3. The van der Waals surface area contributed by atoms with Gasteiger partial charge in [0, 0.05) is 0 Å². The molecule has 9 heteroatoms. The van der Waals surface area contributed by atoms with E-state index in [1.807, 2.05) is 50.2 Å². The van der Waals surface area contributed by atoms with E-state index < -0.39 is 47.3 Å². The van der Waals surface area contributed by atoms with Crippen LogP contribution in [0.4, 0.5) is 0 Å². The zero-order valence-electron chi connectivity index (χ0n) is 22.0. The van der Waals surface area contributed by atoms with Gasteiger partial charge in [0.05, 0.1) is 0 Å². The number of ether oxygens (including phenoxy) is 2. The summed E-state index contributed by atoms with van der Waals surface area (Å²) >= 11 is -2.96. The van der Waals surface area contributed by atoms with Crippen molar-refractivity contribution in [2.24, 2.45) is 16.7 Å². The summed E-state index contributed by atoms with van der Waals surface area (Å²) in [7, 11) is -4.03. The van der Waals surface area contributed by atoms with Crippen molar-refractivity contribution in [3.05, 3.63) is 61.7 Å². The van der Waals surface area contributed by atoms with E-state index in [4.69, 9.17) is 12.0 Å². The van der Waals surface area contributed by atoms with Crippen molar-refractivity contribution in [2.75, 3.05) is 12.4 Å². The molecular formula is C28H35IO7S. The van der Waals surface area contributed by atoms with Crippen LogP contribution in [-0.2, 0) is 27.0 Å². The van der Waals surface area contributed by atoms with E-state index >= 15 is 0 Å². The van der Waals surface area contributed by atoms with Gasteiger partial charge < -0.3 is 0 Å². The third kappa shape index (κ3) is 6.04. The van der Waals surface area contributed by atoms with Crippen LogP contribution in [0, 0.1) is 23.9 Å². The van der Waals surface area contributed by atoms with E-state index in [-0.39, 0.29) is 29.5 Å². The van der Waals surface area contributed by atoms with Gasteiger partial charge in [0.2, 0.25) is 0 Å². The number of Topliss-reactive ketones (excluding diaryl/α,β-unsaturated/α-hetero) is 1. The third-order valence-electron chi connectivity index (χ3n) is 7.42. The van der Waals surface area contributed by atoms with Gasteiger partial charge in [0.1, 0.15) is 0 Å². The van der Waals surface area contributed by atoms with Crippen molar-refractivity contribution in [2.45, 2.75) is 59.5 Å². The molecule has 37 heavy (non-hydrogen) atoms. The van der Waals surface area contributed by atoms with E-state index in [2.05, 4.69) is 0 Å². The summed E-state index contributed by atoms with van der Waals surface area (Å²) < 4.78 is 45.6. The first kappa shape index (κ1) is 28.0. The molecule has 4 rings (SSSR count). The van der Waals surface area contributed by atoms with Crippen LogP contribution in [0.3, 0.4) is 0 Å². The molecule has 2 bridgehead atoms. The number of benzene rings is 2. The van der Waals surface area contributed by atoms with Gasteiger partial charge in [-0.25, -0.2) is 0 Å². The first-order chi connectivity index (χ1) is 17.2. The fraction of sp³-hybridized carbons (Fsp3) is 0.500. The van der Waals surface area contributed by atoms with Crippen LogP contribution in [0.15, 0.2) is 54.6 Å². The summed E-state index contributed by atoms with van der Waals surface area (Å²) in [5, 5.41) is 0. The normalized spacial score (nSPS) is 23.1. The van der Waals surface area contributed by atoms with Crippen LogP contribution < -0.4 is 4.74 Å². The molecule has 2 atom stereocenters. The van der Waals surface area contributed by atoms with Gasteiger partial charge in [-0.05, 0) is 0 Å². The third-order valence-corrected chi connectivity index (χ3v) is 15.0. The van der Waals surface area contributed by atoms with Crippen molar-refractivity contribution >= 4 is 42.1 Å². The summed E-state index contributed by atoms with van der Waals surface area (Å²) in [4.78, 5) is 25.1. The zero-order chi connectivity index (χ0) is 27.1. The van der Waals surface area contributed by atoms with E-state index in [0.29, 0.717) is 22.2 Å². The SMILES string of the molecule is CC(C)(C)OC(=O)COc1cccc(I(OS(=O)(=O)CC23CCC(CC2=O)C3(C)C)c2ccccc2)c1. The van der Waals surface area contributed by atoms with Gasteiger partial charge in [-0.3, -0.25) is 0 Å². The van der Waals surface area contributed by atoms with Crippen molar-refractivity contribution in [1.29, 1.82) is 0 Å².